The molecular formula is C20H21FN2O. The summed E-state index contributed by atoms with van der Waals surface area (Å²) in [5.74, 6) is 0.228. The Morgan fingerprint density at radius 2 is 1.83 bits per heavy atom. The van der Waals surface area contributed by atoms with E-state index in [1.807, 2.05) is 6.20 Å². The van der Waals surface area contributed by atoms with Gasteiger partial charge in [0.05, 0.1) is 5.69 Å². The maximum Gasteiger partial charge on any atom is 0.184 e. The van der Waals surface area contributed by atoms with Crippen molar-refractivity contribution in [1.82, 2.24) is 9.47 Å². The maximum absolute atomic E-state index is 13.4. The molecule has 2 aliphatic heterocycles. The van der Waals surface area contributed by atoms with Crippen LogP contribution >= 0.6 is 0 Å². The molecule has 2 aromatic rings. The Balaban J connectivity index is 1.57. The second-order valence-electron chi connectivity index (χ2n) is 6.90. The van der Waals surface area contributed by atoms with Crippen LogP contribution in [-0.4, -0.2) is 35.4 Å². The van der Waals surface area contributed by atoms with Crippen LogP contribution in [0.3, 0.4) is 0 Å². The van der Waals surface area contributed by atoms with Crippen LogP contribution in [0.1, 0.15) is 46.8 Å². The SMILES string of the molecule is CN1CCC(c2ccc(C3=Cn4cc(F)cc4C(=O)C3)cc2)CC1. The summed E-state index contributed by atoms with van der Waals surface area (Å²) in [6.07, 6.45) is 5.95. The van der Waals surface area contributed by atoms with E-state index in [2.05, 4.69) is 36.2 Å². The molecular weight excluding hydrogens is 303 g/mol. The van der Waals surface area contributed by atoms with E-state index in [9.17, 15) is 9.18 Å². The van der Waals surface area contributed by atoms with Crippen molar-refractivity contribution in [3.63, 3.8) is 0 Å². The predicted octanol–water partition coefficient (Wildman–Crippen LogP) is 4.02. The average Bonchev–Trinajstić information content (AvgIpc) is 2.97. The number of benzene rings is 1. The summed E-state index contributed by atoms with van der Waals surface area (Å²) in [6, 6.07) is 9.86. The Morgan fingerprint density at radius 1 is 1.12 bits per heavy atom. The van der Waals surface area contributed by atoms with Crippen molar-refractivity contribution in [2.24, 2.45) is 0 Å². The second-order valence-corrected chi connectivity index (χ2v) is 6.90. The van der Waals surface area contributed by atoms with Gasteiger partial charge in [-0.25, -0.2) is 4.39 Å². The summed E-state index contributed by atoms with van der Waals surface area (Å²) in [5.41, 5.74) is 3.79. The third kappa shape index (κ3) is 2.82. The topological polar surface area (TPSA) is 25.2 Å². The van der Waals surface area contributed by atoms with E-state index in [4.69, 9.17) is 0 Å². The molecule has 0 bridgehead atoms. The van der Waals surface area contributed by atoms with Gasteiger partial charge >= 0.3 is 0 Å². The van der Waals surface area contributed by atoms with Crippen LogP contribution in [0.15, 0.2) is 36.5 Å². The van der Waals surface area contributed by atoms with E-state index in [1.54, 1.807) is 4.57 Å². The molecule has 4 heteroatoms. The molecule has 1 fully saturated rings. The Kier molecular flexibility index (Phi) is 3.85. The predicted molar refractivity (Wildman–Crippen MR) is 93.4 cm³/mol. The number of rotatable bonds is 2. The van der Waals surface area contributed by atoms with Crippen LogP contribution in [0.25, 0.3) is 11.8 Å². The number of carbonyl (C=O) groups is 1. The Bertz CT molecular complexity index is 796. The lowest BCUT2D eigenvalue weighted by molar-refractivity contribution is 0.0990. The highest BCUT2D eigenvalue weighted by Gasteiger charge is 2.22. The van der Waals surface area contributed by atoms with Gasteiger partial charge in [-0.05, 0) is 55.6 Å². The average molecular weight is 324 g/mol. The number of nitrogens with zero attached hydrogens (tertiary/aromatic N) is 2. The summed E-state index contributed by atoms with van der Waals surface area (Å²) in [6.45, 7) is 2.29. The monoisotopic (exact) mass is 324 g/mol. The molecule has 1 saturated heterocycles. The van der Waals surface area contributed by atoms with Crippen LogP contribution < -0.4 is 0 Å². The molecule has 0 atom stereocenters. The number of carbonyl (C=O) groups excluding carboxylic acids is 1. The van der Waals surface area contributed by atoms with Crippen molar-refractivity contribution in [1.29, 1.82) is 0 Å². The summed E-state index contributed by atoms with van der Waals surface area (Å²) in [4.78, 5) is 14.6. The third-order valence-electron chi connectivity index (χ3n) is 5.22. The highest BCUT2D eigenvalue weighted by atomic mass is 19.1. The van der Waals surface area contributed by atoms with E-state index in [0.29, 0.717) is 18.0 Å². The van der Waals surface area contributed by atoms with Crippen LogP contribution in [0.4, 0.5) is 4.39 Å². The van der Waals surface area contributed by atoms with E-state index < -0.39 is 0 Å². The second kappa shape index (κ2) is 6.02. The number of halogens is 1. The number of likely N-dealkylation sites (tertiary alicyclic amines) is 1. The quantitative estimate of drug-likeness (QED) is 0.833. The van der Waals surface area contributed by atoms with Crippen molar-refractivity contribution in [2.75, 3.05) is 20.1 Å². The molecule has 0 amide bonds. The molecule has 3 heterocycles. The first-order valence-electron chi connectivity index (χ1n) is 8.50. The van der Waals surface area contributed by atoms with E-state index in [-0.39, 0.29) is 11.6 Å². The zero-order valence-electron chi connectivity index (χ0n) is 13.8. The largest absolute Gasteiger partial charge is 0.317 e. The van der Waals surface area contributed by atoms with E-state index >= 15 is 0 Å². The number of hydrogen-bond acceptors (Lipinski definition) is 2. The molecule has 0 unspecified atom stereocenters. The molecule has 0 radical (unpaired) electrons. The van der Waals surface area contributed by atoms with Crippen LogP contribution in [0, 0.1) is 5.82 Å². The van der Waals surface area contributed by atoms with Gasteiger partial charge in [0.25, 0.3) is 0 Å². The lowest BCUT2D eigenvalue weighted by Crippen LogP contribution is -2.29. The minimum atomic E-state index is -0.367. The number of piperidine rings is 1. The Hall–Kier alpha value is -2.20. The summed E-state index contributed by atoms with van der Waals surface area (Å²) < 4.78 is 15.0. The van der Waals surface area contributed by atoms with Gasteiger partial charge in [0, 0.05) is 24.9 Å². The molecule has 0 aliphatic carbocycles. The van der Waals surface area contributed by atoms with Gasteiger partial charge in [0.2, 0.25) is 0 Å². The zero-order valence-corrected chi connectivity index (χ0v) is 13.8. The minimum absolute atomic E-state index is 0.0317. The number of hydrogen-bond donors (Lipinski definition) is 0. The number of aromatic nitrogens is 1. The van der Waals surface area contributed by atoms with Crippen LogP contribution in [0.5, 0.6) is 0 Å². The highest BCUT2D eigenvalue weighted by molar-refractivity contribution is 6.06. The molecule has 124 valence electrons. The van der Waals surface area contributed by atoms with Crippen molar-refractivity contribution < 1.29 is 9.18 Å². The fourth-order valence-corrected chi connectivity index (χ4v) is 3.74. The van der Waals surface area contributed by atoms with Gasteiger partial charge in [0.1, 0.15) is 5.82 Å². The zero-order chi connectivity index (χ0) is 16.7. The number of ketones is 1. The van der Waals surface area contributed by atoms with Gasteiger partial charge in [-0.1, -0.05) is 24.3 Å². The molecule has 1 aromatic heterocycles. The smallest absolute Gasteiger partial charge is 0.184 e. The Morgan fingerprint density at radius 3 is 2.54 bits per heavy atom. The molecule has 2 aliphatic rings. The van der Waals surface area contributed by atoms with Gasteiger partial charge < -0.3 is 9.47 Å². The lowest BCUT2D eigenvalue weighted by Gasteiger charge is -2.29. The Labute approximate surface area is 141 Å². The molecule has 0 N–H and O–H groups in total. The van der Waals surface area contributed by atoms with E-state index in [1.165, 1.54) is 30.7 Å². The van der Waals surface area contributed by atoms with E-state index in [0.717, 1.165) is 24.2 Å². The summed E-state index contributed by atoms with van der Waals surface area (Å²) >= 11 is 0. The van der Waals surface area contributed by atoms with Crippen molar-refractivity contribution in [2.45, 2.75) is 25.2 Å². The number of Topliss-reactive ketones (excluding diaryl/α,β-unsaturated/α-hetero) is 1. The standard InChI is InChI=1S/C20H21FN2O/c1-22-8-6-16(7-9-22)14-2-4-15(5-3-14)17-10-20(24)19-11-18(21)13-23(19)12-17/h2-5,11-13,16H,6-10H2,1H3. The highest BCUT2D eigenvalue weighted by Crippen LogP contribution is 2.31. The first-order valence-corrected chi connectivity index (χ1v) is 8.50. The molecule has 3 nitrogen and oxygen atoms in total. The maximum atomic E-state index is 13.4. The van der Waals surface area contributed by atoms with Gasteiger partial charge in [-0.3, -0.25) is 4.79 Å². The molecule has 0 spiro atoms. The summed E-state index contributed by atoms with van der Waals surface area (Å²) in [7, 11) is 2.17. The van der Waals surface area contributed by atoms with Crippen LogP contribution in [-0.2, 0) is 0 Å². The number of fused-ring (bicyclic) bond motifs is 1. The van der Waals surface area contributed by atoms with Gasteiger partial charge in [-0.15, -0.1) is 0 Å². The summed E-state index contributed by atoms with van der Waals surface area (Å²) in [5, 5.41) is 0. The minimum Gasteiger partial charge on any atom is -0.317 e. The van der Waals surface area contributed by atoms with Crippen molar-refractivity contribution >= 4 is 17.6 Å². The molecule has 24 heavy (non-hydrogen) atoms. The van der Waals surface area contributed by atoms with Crippen LogP contribution in [0.2, 0.25) is 0 Å². The van der Waals surface area contributed by atoms with Crippen molar-refractivity contribution in [3.8, 4) is 0 Å². The fourth-order valence-electron chi connectivity index (χ4n) is 3.74. The first-order chi connectivity index (χ1) is 11.6. The molecule has 1 aromatic carbocycles. The first kappa shape index (κ1) is 15.3. The van der Waals surface area contributed by atoms with Crippen molar-refractivity contribution in [3.05, 3.63) is 59.2 Å². The number of allylic oxidation sites excluding steroid dienone is 1. The fraction of sp³-hybridized carbons (Fsp3) is 0.350. The lowest BCUT2D eigenvalue weighted by atomic mass is 9.88. The molecule has 4 rings (SSSR count). The third-order valence-corrected chi connectivity index (χ3v) is 5.22. The normalized spacial score (nSPS) is 19.2. The van der Waals surface area contributed by atoms with Gasteiger partial charge in [0.15, 0.2) is 5.78 Å². The molecule has 0 saturated carbocycles. The van der Waals surface area contributed by atoms with Gasteiger partial charge in [-0.2, -0.15) is 0 Å².